The zero-order chi connectivity index (χ0) is 35.3. The van der Waals surface area contributed by atoms with Crippen LogP contribution in [0.2, 0.25) is 0 Å². The number of halogens is 3. The summed E-state index contributed by atoms with van der Waals surface area (Å²) in [4.78, 5) is 30.2. The first kappa shape index (κ1) is 34.4. The van der Waals surface area contributed by atoms with Gasteiger partial charge in [-0.2, -0.15) is 13.2 Å². The lowest BCUT2D eigenvalue weighted by atomic mass is 9.95. The number of fused-ring (bicyclic) bond motifs is 1. The summed E-state index contributed by atoms with van der Waals surface area (Å²) in [5.74, 6) is 1.26. The highest BCUT2D eigenvalue weighted by Gasteiger charge is 2.33. The highest BCUT2D eigenvalue weighted by Crippen LogP contribution is 2.34. The Balaban J connectivity index is 1.18. The van der Waals surface area contributed by atoms with Crippen LogP contribution in [0.25, 0.3) is 21.9 Å². The smallest absolute Gasteiger partial charge is 0.416 e. The Bertz CT molecular complexity index is 1960. The highest BCUT2D eigenvalue weighted by atomic mass is 19.4. The lowest BCUT2D eigenvalue weighted by Gasteiger charge is -2.39. The lowest BCUT2D eigenvalue weighted by molar-refractivity contribution is -0.137. The summed E-state index contributed by atoms with van der Waals surface area (Å²) >= 11 is 0. The molecule has 6 rings (SSSR count). The maximum atomic E-state index is 14.2. The monoisotopic (exact) mass is 682 g/mol. The van der Waals surface area contributed by atoms with E-state index in [1.54, 1.807) is 36.2 Å². The van der Waals surface area contributed by atoms with Crippen LogP contribution in [0.3, 0.4) is 0 Å². The fourth-order valence-corrected chi connectivity index (χ4v) is 6.18. The fraction of sp³-hybridized carbons (Fsp3) is 0.250. The SMILES string of the molecule is COc1ccc(CN(CCC2CN(C(=O)OCc3ccccc3)C2)C(=O)c2ccc3c(-c4ccc(C(F)(F)F)cc4)cccc3c2)c(OC)c1. The van der Waals surface area contributed by atoms with E-state index in [1.165, 1.54) is 12.1 Å². The van der Waals surface area contributed by atoms with Crippen LogP contribution in [-0.2, 0) is 24.1 Å². The van der Waals surface area contributed by atoms with E-state index in [9.17, 15) is 22.8 Å². The van der Waals surface area contributed by atoms with Gasteiger partial charge in [-0.3, -0.25) is 4.79 Å². The van der Waals surface area contributed by atoms with Crippen molar-refractivity contribution in [2.75, 3.05) is 33.9 Å². The molecule has 10 heteroatoms. The van der Waals surface area contributed by atoms with Crippen molar-refractivity contribution in [3.05, 3.63) is 131 Å². The number of amides is 2. The van der Waals surface area contributed by atoms with Gasteiger partial charge in [0.2, 0.25) is 0 Å². The number of hydrogen-bond donors (Lipinski definition) is 0. The van der Waals surface area contributed by atoms with Crippen LogP contribution in [0.4, 0.5) is 18.0 Å². The van der Waals surface area contributed by atoms with Crippen molar-refractivity contribution in [2.45, 2.75) is 25.7 Å². The molecule has 0 spiro atoms. The molecule has 0 aromatic heterocycles. The summed E-state index contributed by atoms with van der Waals surface area (Å²) in [5.41, 5.74) is 2.92. The third-order valence-corrected chi connectivity index (χ3v) is 9.02. The maximum absolute atomic E-state index is 14.2. The zero-order valence-corrected chi connectivity index (χ0v) is 27.8. The predicted octanol–water partition coefficient (Wildman–Crippen LogP) is 8.84. The van der Waals surface area contributed by atoms with Crippen LogP contribution in [0, 0.1) is 5.92 Å². The van der Waals surface area contributed by atoms with Crippen molar-refractivity contribution in [3.63, 3.8) is 0 Å². The number of nitrogens with zero attached hydrogens (tertiary/aromatic N) is 2. The second-order valence-electron chi connectivity index (χ2n) is 12.3. The number of carbonyl (C=O) groups excluding carboxylic acids is 2. The van der Waals surface area contributed by atoms with Crippen molar-refractivity contribution in [1.29, 1.82) is 0 Å². The molecule has 0 unspecified atom stereocenters. The molecule has 258 valence electrons. The molecule has 0 radical (unpaired) electrons. The first-order valence-corrected chi connectivity index (χ1v) is 16.3. The topological polar surface area (TPSA) is 68.3 Å². The largest absolute Gasteiger partial charge is 0.497 e. The van der Waals surface area contributed by atoms with Gasteiger partial charge in [-0.1, -0.05) is 66.7 Å². The van der Waals surface area contributed by atoms with Crippen molar-refractivity contribution in [1.82, 2.24) is 9.80 Å². The molecule has 0 aliphatic carbocycles. The summed E-state index contributed by atoms with van der Waals surface area (Å²) in [6, 6.07) is 31.1. The molecule has 1 aliphatic rings. The van der Waals surface area contributed by atoms with Gasteiger partial charge in [0.25, 0.3) is 5.91 Å². The van der Waals surface area contributed by atoms with E-state index < -0.39 is 11.7 Å². The van der Waals surface area contributed by atoms with Crippen LogP contribution >= 0.6 is 0 Å². The molecular weight excluding hydrogens is 645 g/mol. The van der Waals surface area contributed by atoms with Crippen molar-refractivity contribution < 1.29 is 37.0 Å². The normalized spacial score (nSPS) is 13.1. The standard InChI is InChI=1S/C40H37F3N2O5/c1-48-34-17-13-32(37(22-34)49-2)25-44(20-19-28-23-45(24-28)39(47)50-26-27-7-4-3-5-8-27)38(46)31-14-18-36-30(21-31)9-6-10-35(36)29-11-15-33(16-12-29)40(41,42)43/h3-18,21-22,28H,19-20,23-26H2,1-2H3. The summed E-state index contributed by atoms with van der Waals surface area (Å²) in [5, 5.41) is 1.61. The van der Waals surface area contributed by atoms with Gasteiger partial charge in [0.15, 0.2) is 0 Å². The number of hydrogen-bond acceptors (Lipinski definition) is 5. The number of alkyl halides is 3. The first-order valence-electron chi connectivity index (χ1n) is 16.3. The van der Waals surface area contributed by atoms with Crippen LogP contribution in [0.15, 0.2) is 109 Å². The summed E-state index contributed by atoms with van der Waals surface area (Å²) in [6.45, 7) is 2.03. The molecule has 1 heterocycles. The maximum Gasteiger partial charge on any atom is 0.416 e. The minimum absolute atomic E-state index is 0.178. The van der Waals surface area contributed by atoms with E-state index >= 15 is 0 Å². The highest BCUT2D eigenvalue weighted by molar-refractivity contribution is 6.02. The van der Waals surface area contributed by atoms with E-state index in [4.69, 9.17) is 14.2 Å². The lowest BCUT2D eigenvalue weighted by Crippen LogP contribution is -2.51. The summed E-state index contributed by atoms with van der Waals surface area (Å²) in [7, 11) is 3.15. The van der Waals surface area contributed by atoms with Crippen molar-refractivity contribution in [3.8, 4) is 22.6 Å². The van der Waals surface area contributed by atoms with Crippen LogP contribution in [0.5, 0.6) is 11.5 Å². The number of rotatable bonds is 11. The van der Waals surface area contributed by atoms with Gasteiger partial charge in [-0.05, 0) is 76.2 Å². The average molecular weight is 683 g/mol. The summed E-state index contributed by atoms with van der Waals surface area (Å²) < 4.78 is 55.9. The Kier molecular flexibility index (Phi) is 10.3. The van der Waals surface area contributed by atoms with E-state index in [0.29, 0.717) is 48.7 Å². The van der Waals surface area contributed by atoms with Gasteiger partial charge in [0.05, 0.1) is 19.8 Å². The molecule has 1 saturated heterocycles. The van der Waals surface area contributed by atoms with E-state index in [-0.39, 0.29) is 31.1 Å². The number of methoxy groups -OCH3 is 2. The van der Waals surface area contributed by atoms with Crippen molar-refractivity contribution >= 4 is 22.8 Å². The van der Waals surface area contributed by atoms with Crippen LogP contribution < -0.4 is 9.47 Å². The number of likely N-dealkylation sites (tertiary alicyclic amines) is 1. The fourth-order valence-electron chi connectivity index (χ4n) is 6.18. The Labute approximate surface area is 288 Å². The van der Waals surface area contributed by atoms with Gasteiger partial charge in [0.1, 0.15) is 18.1 Å². The Morgan fingerprint density at radius 3 is 2.30 bits per heavy atom. The van der Waals surface area contributed by atoms with Crippen LogP contribution in [-0.4, -0.2) is 55.7 Å². The number of benzene rings is 5. The van der Waals surface area contributed by atoms with E-state index in [2.05, 4.69) is 0 Å². The molecule has 0 saturated carbocycles. The minimum Gasteiger partial charge on any atom is -0.497 e. The second-order valence-corrected chi connectivity index (χ2v) is 12.3. The quantitative estimate of drug-likeness (QED) is 0.139. The molecule has 5 aromatic rings. The molecule has 50 heavy (non-hydrogen) atoms. The molecule has 0 N–H and O–H groups in total. The second kappa shape index (κ2) is 14.9. The van der Waals surface area contributed by atoms with Gasteiger partial charge >= 0.3 is 12.3 Å². The molecular formula is C40H37F3N2O5. The van der Waals surface area contributed by atoms with Gasteiger partial charge < -0.3 is 24.0 Å². The molecule has 5 aromatic carbocycles. The minimum atomic E-state index is -4.42. The third kappa shape index (κ3) is 7.86. The molecule has 2 amide bonds. The summed E-state index contributed by atoms with van der Waals surface area (Å²) in [6.07, 6.45) is -4.09. The van der Waals surface area contributed by atoms with E-state index in [1.807, 2.05) is 72.8 Å². The van der Waals surface area contributed by atoms with Crippen molar-refractivity contribution in [2.24, 2.45) is 5.92 Å². The molecule has 0 bridgehead atoms. The number of ether oxygens (including phenoxy) is 3. The Hall–Kier alpha value is -5.51. The molecule has 1 fully saturated rings. The van der Waals surface area contributed by atoms with Gasteiger partial charge in [-0.25, -0.2) is 4.79 Å². The zero-order valence-electron chi connectivity index (χ0n) is 27.8. The van der Waals surface area contributed by atoms with Crippen LogP contribution in [0.1, 0.15) is 33.5 Å². The van der Waals surface area contributed by atoms with Gasteiger partial charge in [0, 0.05) is 43.4 Å². The Morgan fingerprint density at radius 1 is 0.840 bits per heavy atom. The molecule has 0 atom stereocenters. The van der Waals surface area contributed by atoms with E-state index in [0.717, 1.165) is 39.6 Å². The molecule has 7 nitrogen and oxygen atoms in total. The average Bonchev–Trinajstić information content (AvgIpc) is 3.12. The molecule has 1 aliphatic heterocycles. The van der Waals surface area contributed by atoms with Gasteiger partial charge in [-0.15, -0.1) is 0 Å². The number of carbonyl (C=O) groups is 2. The third-order valence-electron chi connectivity index (χ3n) is 9.02. The predicted molar refractivity (Wildman–Crippen MR) is 185 cm³/mol. The first-order chi connectivity index (χ1) is 24.1. The Morgan fingerprint density at radius 2 is 1.60 bits per heavy atom.